The van der Waals surface area contributed by atoms with Crippen LogP contribution in [0.5, 0.6) is 0 Å². The molecule has 2 fully saturated rings. The second kappa shape index (κ2) is 13.0. The summed E-state index contributed by atoms with van der Waals surface area (Å²) >= 11 is 0. The molecule has 1 nitrogen and oxygen atoms in total. The largest absolute Gasteiger partial charge is 0.311 e. The first-order chi connectivity index (χ1) is 13.9. The Hall–Kier alpha value is -1.34. The van der Waals surface area contributed by atoms with Crippen LogP contribution in [0.15, 0.2) is 54.6 Å². The van der Waals surface area contributed by atoms with Crippen molar-refractivity contribution in [1.29, 1.82) is 0 Å². The van der Waals surface area contributed by atoms with Crippen molar-refractivity contribution in [2.45, 2.75) is 108 Å². The Kier molecular flexibility index (Phi) is 9.91. The summed E-state index contributed by atoms with van der Waals surface area (Å²) in [5, 5.41) is 4.17. The Morgan fingerprint density at radius 2 is 0.964 bits per heavy atom. The van der Waals surface area contributed by atoms with Gasteiger partial charge in [-0.05, 0) is 37.2 Å². The van der Waals surface area contributed by atoms with Gasteiger partial charge in [-0.3, -0.25) is 0 Å². The lowest BCUT2D eigenvalue weighted by atomic mass is 9.79. The molecule has 0 saturated heterocycles. The minimum absolute atomic E-state index is 0.649. The lowest BCUT2D eigenvalue weighted by molar-refractivity contribution is 0.280. The van der Waals surface area contributed by atoms with E-state index < -0.39 is 0 Å². The van der Waals surface area contributed by atoms with Gasteiger partial charge in [0.2, 0.25) is 0 Å². The van der Waals surface area contributed by atoms with E-state index in [2.05, 4.69) is 59.9 Å². The van der Waals surface area contributed by atoms with Gasteiger partial charge >= 0.3 is 0 Å². The van der Waals surface area contributed by atoms with Crippen molar-refractivity contribution in [3.63, 3.8) is 0 Å². The summed E-state index contributed by atoms with van der Waals surface area (Å²) in [4.78, 5) is 0. The van der Waals surface area contributed by atoms with Gasteiger partial charge in [-0.2, -0.15) is 0 Å². The molecule has 2 saturated carbocycles. The van der Waals surface area contributed by atoms with Crippen LogP contribution in [0.3, 0.4) is 0 Å². The van der Waals surface area contributed by atoms with E-state index in [1.165, 1.54) is 95.5 Å². The van der Waals surface area contributed by atoms with Gasteiger partial charge in [0, 0.05) is 12.1 Å². The molecule has 0 spiro atoms. The molecule has 1 aromatic rings. The van der Waals surface area contributed by atoms with Gasteiger partial charge in [0.25, 0.3) is 0 Å². The first-order valence-corrected chi connectivity index (χ1v) is 12.1. The van der Waals surface area contributed by atoms with Crippen molar-refractivity contribution < 1.29 is 0 Å². The highest BCUT2D eigenvalue weighted by Gasteiger charge is 2.27. The maximum Gasteiger partial charge on any atom is 0.0138 e. The summed E-state index contributed by atoms with van der Waals surface area (Å²) in [5.74, 6) is 0.657. The van der Waals surface area contributed by atoms with Gasteiger partial charge in [-0.1, -0.05) is 119 Å². The Bertz CT molecular complexity index is 557. The smallest absolute Gasteiger partial charge is 0.0138 e. The quantitative estimate of drug-likeness (QED) is 0.567. The van der Waals surface area contributed by atoms with Crippen LogP contribution >= 0.6 is 0 Å². The summed E-state index contributed by atoms with van der Waals surface area (Å²) in [6.45, 7) is 0. The fourth-order valence-corrected chi connectivity index (χ4v) is 5.14. The molecular weight excluding hydrogens is 338 g/mol. The summed E-state index contributed by atoms with van der Waals surface area (Å²) < 4.78 is 0. The van der Waals surface area contributed by atoms with Gasteiger partial charge in [-0.25, -0.2) is 0 Å². The van der Waals surface area contributed by atoms with E-state index in [0.717, 1.165) is 6.04 Å². The van der Waals surface area contributed by atoms with Gasteiger partial charge in [0.1, 0.15) is 0 Å². The van der Waals surface area contributed by atoms with Crippen LogP contribution in [0.2, 0.25) is 0 Å². The van der Waals surface area contributed by atoms with Crippen molar-refractivity contribution >= 4 is 0 Å². The molecule has 0 heterocycles. The molecule has 3 rings (SSSR count). The van der Waals surface area contributed by atoms with E-state index in [4.69, 9.17) is 0 Å². The molecule has 2 atom stereocenters. The van der Waals surface area contributed by atoms with Crippen molar-refractivity contribution in [3.05, 3.63) is 60.2 Å². The Balaban J connectivity index is 1.69. The third kappa shape index (κ3) is 7.59. The van der Waals surface area contributed by atoms with Crippen LogP contribution in [0.1, 0.15) is 101 Å². The Morgan fingerprint density at radius 1 is 0.500 bits per heavy atom. The highest BCUT2D eigenvalue weighted by atomic mass is 15.0. The predicted octanol–water partition coefficient (Wildman–Crippen LogP) is 7.71. The molecule has 0 amide bonds. The molecule has 0 radical (unpaired) electrons. The maximum atomic E-state index is 4.17. The first kappa shape index (κ1) is 21.4. The number of hydrogen-bond donors (Lipinski definition) is 1. The summed E-state index contributed by atoms with van der Waals surface area (Å²) in [6.07, 6.45) is 19.7. The third-order valence-corrected chi connectivity index (χ3v) is 6.74. The van der Waals surface area contributed by atoms with Gasteiger partial charge in [0.05, 0.1) is 0 Å². The SMILES string of the molecule is c1ccccc(C2CCCCC2NC2CCCCCCCCCC2)cccc1. The molecule has 28 heavy (non-hydrogen) atoms. The van der Waals surface area contributed by atoms with Crippen LogP contribution in [-0.4, -0.2) is 12.1 Å². The Morgan fingerprint density at radius 3 is 1.57 bits per heavy atom. The van der Waals surface area contributed by atoms with E-state index >= 15 is 0 Å². The first-order valence-electron chi connectivity index (χ1n) is 12.1. The van der Waals surface area contributed by atoms with Gasteiger partial charge in [0.15, 0.2) is 0 Å². The van der Waals surface area contributed by atoms with Crippen molar-refractivity contribution in [2.75, 3.05) is 0 Å². The van der Waals surface area contributed by atoms with Crippen molar-refractivity contribution in [2.24, 2.45) is 0 Å². The third-order valence-electron chi connectivity index (χ3n) is 6.74. The molecule has 1 aromatic carbocycles. The van der Waals surface area contributed by atoms with Crippen LogP contribution in [0.4, 0.5) is 0 Å². The van der Waals surface area contributed by atoms with E-state index in [1.54, 1.807) is 0 Å². The average Bonchev–Trinajstić information content (AvgIpc) is 2.79. The highest BCUT2D eigenvalue weighted by molar-refractivity contribution is 5.20. The van der Waals surface area contributed by atoms with E-state index in [1.807, 2.05) is 0 Å². The van der Waals surface area contributed by atoms with E-state index in [0.29, 0.717) is 12.0 Å². The van der Waals surface area contributed by atoms with E-state index in [9.17, 15) is 0 Å². The minimum atomic E-state index is 0.649. The van der Waals surface area contributed by atoms with Crippen LogP contribution in [0.25, 0.3) is 0 Å². The predicted molar refractivity (Wildman–Crippen MR) is 122 cm³/mol. The number of rotatable bonds is 3. The lowest BCUT2D eigenvalue weighted by Gasteiger charge is -2.36. The average molecular weight is 380 g/mol. The minimum Gasteiger partial charge on any atom is -0.311 e. The van der Waals surface area contributed by atoms with Crippen molar-refractivity contribution in [1.82, 2.24) is 5.32 Å². The Labute approximate surface area is 173 Å². The normalized spacial score (nSPS) is 25.3. The zero-order valence-electron chi connectivity index (χ0n) is 17.8. The molecule has 0 aliphatic heterocycles. The molecule has 0 bridgehead atoms. The number of nitrogens with one attached hydrogen (secondary N) is 1. The van der Waals surface area contributed by atoms with Crippen molar-refractivity contribution in [3.8, 4) is 0 Å². The van der Waals surface area contributed by atoms with Crippen LogP contribution < -0.4 is 5.32 Å². The summed E-state index contributed by atoms with van der Waals surface area (Å²) in [5.41, 5.74) is 1.50. The van der Waals surface area contributed by atoms with E-state index in [-0.39, 0.29) is 0 Å². The molecule has 1 heteroatoms. The second-order valence-corrected chi connectivity index (χ2v) is 8.95. The zero-order valence-corrected chi connectivity index (χ0v) is 17.8. The molecule has 2 aliphatic rings. The summed E-state index contributed by atoms with van der Waals surface area (Å²) in [6, 6.07) is 21.1. The standard InChI is InChI=1S/C27H41N/c1-2-7-11-15-21-25(20-14-10-6-1)28-27-23-17-16-22-26(27)24-18-12-8-4-3-5-9-13-19-24/h3-5,8-9,12-13,18-19,25-28H,1-2,6-7,10-11,14-17,20-23H2. The maximum absolute atomic E-state index is 4.17. The second-order valence-electron chi connectivity index (χ2n) is 8.95. The monoisotopic (exact) mass is 379 g/mol. The van der Waals surface area contributed by atoms with Gasteiger partial charge in [-0.15, -0.1) is 0 Å². The molecular formula is C27H41N. The zero-order chi connectivity index (χ0) is 19.3. The molecule has 0 aromatic heterocycles. The summed E-state index contributed by atoms with van der Waals surface area (Å²) in [7, 11) is 0. The van der Waals surface area contributed by atoms with Gasteiger partial charge < -0.3 is 5.32 Å². The van der Waals surface area contributed by atoms with Crippen LogP contribution in [-0.2, 0) is 0 Å². The van der Waals surface area contributed by atoms with Crippen LogP contribution in [0, 0.1) is 0 Å². The highest BCUT2D eigenvalue weighted by Crippen LogP contribution is 2.33. The lowest BCUT2D eigenvalue weighted by Crippen LogP contribution is -2.43. The fourth-order valence-electron chi connectivity index (χ4n) is 5.14. The molecule has 2 unspecified atom stereocenters. The molecule has 1 N–H and O–H groups in total. The topological polar surface area (TPSA) is 12.0 Å². The number of hydrogen-bond acceptors (Lipinski definition) is 1. The fraction of sp³-hybridized carbons (Fsp3) is 0.630. The molecule has 2 aliphatic carbocycles. The molecule has 154 valence electrons.